The fourth-order valence-corrected chi connectivity index (χ4v) is 4.70. The van der Waals surface area contributed by atoms with Crippen molar-refractivity contribution in [3.63, 3.8) is 0 Å². The minimum Gasteiger partial charge on any atom is -0.370 e. The molecule has 2 aliphatic carbocycles. The van der Waals surface area contributed by atoms with Crippen LogP contribution < -0.4 is 0 Å². The topological polar surface area (TPSA) is 9.23 Å². The van der Waals surface area contributed by atoms with E-state index in [0.29, 0.717) is 16.3 Å². The van der Waals surface area contributed by atoms with Gasteiger partial charge in [-0.2, -0.15) is 0 Å². The number of ether oxygens (including phenoxy) is 1. The van der Waals surface area contributed by atoms with Crippen molar-refractivity contribution in [3.8, 4) is 0 Å². The van der Waals surface area contributed by atoms with Gasteiger partial charge in [-0.15, -0.1) is 0 Å². The third-order valence-corrected chi connectivity index (χ3v) is 6.14. The second-order valence-electron chi connectivity index (χ2n) is 5.82. The second-order valence-corrected chi connectivity index (χ2v) is 6.93. The Kier molecular flexibility index (Phi) is 3.50. The molecule has 18 heavy (non-hydrogen) atoms. The number of alkyl halides is 1. The largest absolute Gasteiger partial charge is 0.370 e. The molecule has 3 unspecified atom stereocenters. The molecule has 2 fully saturated rings. The predicted octanol–water partition coefficient (Wildman–Crippen LogP) is 4.86. The van der Waals surface area contributed by atoms with Crippen molar-refractivity contribution in [1.29, 1.82) is 0 Å². The molecule has 2 aliphatic rings. The van der Waals surface area contributed by atoms with Gasteiger partial charge in [0.25, 0.3) is 0 Å². The fraction of sp³-hybridized carbons (Fsp3) is 0.625. The van der Waals surface area contributed by atoms with Crippen molar-refractivity contribution < 1.29 is 4.74 Å². The minimum absolute atomic E-state index is 0.216. The maximum absolute atomic E-state index is 6.35. The Hall–Kier alpha value is -0.340. The van der Waals surface area contributed by atoms with Gasteiger partial charge < -0.3 is 4.74 Å². The van der Waals surface area contributed by atoms with Gasteiger partial charge in [0.1, 0.15) is 0 Å². The number of benzene rings is 1. The first-order valence-electron chi connectivity index (χ1n) is 7.07. The molecule has 98 valence electrons. The normalized spacial score (nSPS) is 31.2. The van der Waals surface area contributed by atoms with Crippen molar-refractivity contribution in [2.75, 3.05) is 0 Å². The van der Waals surface area contributed by atoms with E-state index in [2.05, 4.69) is 53.2 Å². The highest BCUT2D eigenvalue weighted by atomic mass is 79.9. The summed E-state index contributed by atoms with van der Waals surface area (Å²) in [5.41, 5.74) is 1.74. The Labute approximate surface area is 118 Å². The zero-order valence-corrected chi connectivity index (χ0v) is 12.5. The summed E-state index contributed by atoms with van der Waals surface area (Å²) >= 11 is 3.85. The van der Waals surface area contributed by atoms with Gasteiger partial charge in [-0.1, -0.05) is 59.1 Å². The van der Waals surface area contributed by atoms with E-state index in [1.54, 1.807) is 0 Å². The second kappa shape index (κ2) is 4.97. The highest BCUT2D eigenvalue weighted by molar-refractivity contribution is 9.09. The van der Waals surface area contributed by atoms with Gasteiger partial charge in [0.2, 0.25) is 0 Å². The Balaban J connectivity index is 1.67. The quantitative estimate of drug-likeness (QED) is 0.725. The van der Waals surface area contributed by atoms with Gasteiger partial charge in [-0.25, -0.2) is 0 Å². The molecule has 0 heterocycles. The lowest BCUT2D eigenvalue weighted by Gasteiger charge is -2.52. The van der Waals surface area contributed by atoms with Crippen LogP contribution in [0.25, 0.3) is 0 Å². The molecule has 0 bridgehead atoms. The smallest absolute Gasteiger partial charge is 0.0800 e. The lowest BCUT2D eigenvalue weighted by Crippen LogP contribution is -2.54. The maximum Gasteiger partial charge on any atom is 0.0800 e. The molecule has 0 aliphatic heterocycles. The van der Waals surface area contributed by atoms with Crippen LogP contribution in [-0.2, 0) is 4.74 Å². The molecule has 0 radical (unpaired) electrons. The van der Waals surface area contributed by atoms with Crippen LogP contribution in [-0.4, -0.2) is 10.9 Å². The van der Waals surface area contributed by atoms with Crippen LogP contribution in [0.3, 0.4) is 0 Å². The van der Waals surface area contributed by atoms with Crippen LogP contribution in [0, 0.1) is 5.41 Å². The highest BCUT2D eigenvalue weighted by Crippen LogP contribution is 2.58. The molecule has 1 aromatic rings. The lowest BCUT2D eigenvalue weighted by atomic mass is 9.64. The summed E-state index contributed by atoms with van der Waals surface area (Å²) in [6.07, 6.45) is 7.29. The molecular weight excluding hydrogens is 288 g/mol. The average molecular weight is 309 g/mol. The van der Waals surface area contributed by atoms with Crippen molar-refractivity contribution >= 4 is 15.9 Å². The minimum atomic E-state index is 0.216. The Morgan fingerprint density at radius 3 is 2.50 bits per heavy atom. The van der Waals surface area contributed by atoms with Gasteiger partial charge in [0.15, 0.2) is 0 Å². The zero-order chi connectivity index (χ0) is 12.6. The Bertz CT molecular complexity index is 397. The van der Waals surface area contributed by atoms with Crippen molar-refractivity contribution in [3.05, 3.63) is 35.9 Å². The van der Waals surface area contributed by atoms with Crippen molar-refractivity contribution in [2.45, 2.75) is 56.1 Å². The molecule has 2 heteroatoms. The average Bonchev–Trinajstić information content (AvgIpc) is 2.92. The van der Waals surface area contributed by atoms with Crippen LogP contribution in [0.1, 0.15) is 50.7 Å². The Morgan fingerprint density at radius 1 is 1.22 bits per heavy atom. The number of halogens is 1. The van der Waals surface area contributed by atoms with Crippen LogP contribution >= 0.6 is 15.9 Å². The van der Waals surface area contributed by atoms with E-state index in [-0.39, 0.29) is 6.10 Å². The summed E-state index contributed by atoms with van der Waals surface area (Å²) in [4.78, 5) is 0.681. The van der Waals surface area contributed by atoms with E-state index in [0.717, 1.165) is 0 Å². The molecule has 1 nitrogen and oxygen atoms in total. The van der Waals surface area contributed by atoms with Gasteiger partial charge >= 0.3 is 0 Å². The van der Waals surface area contributed by atoms with E-state index in [9.17, 15) is 0 Å². The highest BCUT2D eigenvalue weighted by Gasteiger charge is 2.56. The molecular formula is C16H21BrO. The molecule has 0 amide bonds. The first kappa shape index (κ1) is 12.7. The number of rotatable bonds is 3. The van der Waals surface area contributed by atoms with Crippen LogP contribution in [0.5, 0.6) is 0 Å². The zero-order valence-electron chi connectivity index (χ0n) is 10.9. The summed E-state index contributed by atoms with van der Waals surface area (Å²) in [6, 6.07) is 10.6. The van der Waals surface area contributed by atoms with E-state index >= 15 is 0 Å². The Morgan fingerprint density at radius 2 is 1.89 bits per heavy atom. The van der Waals surface area contributed by atoms with Gasteiger partial charge in [-0.3, -0.25) is 0 Å². The molecule has 0 saturated heterocycles. The van der Waals surface area contributed by atoms with E-state index in [1.807, 2.05) is 0 Å². The molecule has 2 saturated carbocycles. The third kappa shape index (κ3) is 2.04. The molecule has 0 N–H and O–H groups in total. The van der Waals surface area contributed by atoms with E-state index in [4.69, 9.17) is 4.74 Å². The van der Waals surface area contributed by atoms with Crippen LogP contribution in [0.2, 0.25) is 0 Å². The van der Waals surface area contributed by atoms with Crippen LogP contribution in [0.4, 0.5) is 0 Å². The van der Waals surface area contributed by atoms with E-state index in [1.165, 1.54) is 37.7 Å². The number of hydrogen-bond acceptors (Lipinski definition) is 1. The van der Waals surface area contributed by atoms with Crippen LogP contribution in [0.15, 0.2) is 30.3 Å². The summed E-state index contributed by atoms with van der Waals surface area (Å²) in [6.45, 7) is 2.18. The molecule has 1 aromatic carbocycles. The lowest BCUT2D eigenvalue weighted by molar-refractivity contribution is -0.130. The predicted molar refractivity (Wildman–Crippen MR) is 78.0 cm³/mol. The maximum atomic E-state index is 6.35. The fourth-order valence-electron chi connectivity index (χ4n) is 3.61. The number of hydrogen-bond donors (Lipinski definition) is 0. The molecule has 3 atom stereocenters. The van der Waals surface area contributed by atoms with Gasteiger partial charge in [0.05, 0.1) is 12.2 Å². The molecule has 0 aromatic heterocycles. The van der Waals surface area contributed by atoms with Crippen molar-refractivity contribution in [1.82, 2.24) is 0 Å². The van der Waals surface area contributed by atoms with E-state index < -0.39 is 0 Å². The SMILES string of the molecule is CC(OC1CC(Br)C12CCCC2)c1ccccc1. The summed E-state index contributed by atoms with van der Waals surface area (Å²) in [7, 11) is 0. The molecule has 3 rings (SSSR count). The first-order valence-corrected chi connectivity index (χ1v) is 7.98. The molecule has 1 spiro atoms. The summed E-state index contributed by atoms with van der Waals surface area (Å²) in [5, 5.41) is 0. The monoisotopic (exact) mass is 308 g/mol. The van der Waals surface area contributed by atoms with Crippen molar-refractivity contribution in [2.24, 2.45) is 5.41 Å². The third-order valence-electron chi connectivity index (χ3n) is 4.86. The first-order chi connectivity index (χ1) is 8.72. The van der Waals surface area contributed by atoms with Gasteiger partial charge in [0, 0.05) is 10.2 Å². The summed E-state index contributed by atoms with van der Waals surface area (Å²) in [5.74, 6) is 0. The standard InChI is InChI=1S/C16H21BrO/c1-12(13-7-3-2-4-8-13)18-15-11-14(17)16(15)9-5-6-10-16/h2-4,7-8,12,14-15H,5-6,9-11H2,1H3. The summed E-state index contributed by atoms with van der Waals surface area (Å²) < 4.78 is 6.35. The van der Waals surface area contributed by atoms with Gasteiger partial charge in [-0.05, 0) is 31.7 Å².